The van der Waals surface area contributed by atoms with Gasteiger partial charge in [0.05, 0.1) is 0 Å². The van der Waals surface area contributed by atoms with Crippen LogP contribution in [0.4, 0.5) is 0 Å². The van der Waals surface area contributed by atoms with Crippen LogP contribution >= 0.6 is 19.0 Å². The van der Waals surface area contributed by atoms with Gasteiger partial charge in [-0.3, -0.25) is 0 Å². The Labute approximate surface area is 280 Å². The zero-order valence-corrected chi connectivity index (χ0v) is 29.6. The SMILES string of the molecule is CC=C1CCCC1=CC(/C=C/c1ncc(/C=C/C)c2nsnc12)=C([C]#[Os])[P+](c1ccccc1)(c1ccccc1)c1ccccc1. The van der Waals surface area contributed by atoms with E-state index in [2.05, 4.69) is 135 Å². The summed E-state index contributed by atoms with van der Waals surface area (Å²) in [5, 5.41) is 5.13. The third kappa shape index (κ3) is 6.20. The number of allylic oxidation sites excluding steroid dienone is 8. The Kier molecular flexibility index (Phi) is 10.1. The number of hydrogen-bond donors (Lipinski definition) is 0. The van der Waals surface area contributed by atoms with Gasteiger partial charge in [0, 0.05) is 0 Å². The van der Waals surface area contributed by atoms with E-state index in [1.165, 1.54) is 50.5 Å². The van der Waals surface area contributed by atoms with Crippen molar-refractivity contribution in [2.24, 2.45) is 0 Å². The molecule has 1 aliphatic rings. The van der Waals surface area contributed by atoms with Gasteiger partial charge in [0.15, 0.2) is 0 Å². The number of hydrogen-bond acceptors (Lipinski definition) is 4. The van der Waals surface area contributed by atoms with Gasteiger partial charge in [0.2, 0.25) is 0 Å². The second-order valence-electron chi connectivity index (χ2n) is 10.8. The van der Waals surface area contributed by atoms with E-state index in [-0.39, 0.29) is 0 Å². The summed E-state index contributed by atoms with van der Waals surface area (Å²) in [5.41, 5.74) is 7.51. The van der Waals surface area contributed by atoms with Gasteiger partial charge in [-0.1, -0.05) is 0 Å². The molecule has 223 valence electrons. The molecule has 0 aliphatic heterocycles. The van der Waals surface area contributed by atoms with Gasteiger partial charge in [0.1, 0.15) is 0 Å². The van der Waals surface area contributed by atoms with Gasteiger partial charge in [-0.15, -0.1) is 0 Å². The standard InChI is InChI=1S/C39H34N3PS.Os/c1-4-16-33-28-40-37(39-38(33)41-44-42-39)26-25-31(27-32-18-15-17-30(32)5-2)29(3)43(34-19-9-6-10-20-34,35-21-11-7-12-22-35)36-23-13-8-14-24-36;/h4-14,16,19-28H,15,17-18H2,1-2H3;/q+1;/b16-4+,26-25+,30-5?,31-29?,32-27?;. The van der Waals surface area contributed by atoms with E-state index >= 15 is 0 Å². The van der Waals surface area contributed by atoms with Crippen molar-refractivity contribution in [2.45, 2.75) is 33.1 Å². The van der Waals surface area contributed by atoms with Gasteiger partial charge in [0.25, 0.3) is 0 Å². The molecule has 6 rings (SSSR count). The molecule has 0 saturated heterocycles. The number of nitrogens with zero attached hydrogens (tertiary/aromatic N) is 3. The summed E-state index contributed by atoms with van der Waals surface area (Å²) in [6, 6.07) is 33.1. The van der Waals surface area contributed by atoms with Crippen molar-refractivity contribution in [1.29, 1.82) is 0 Å². The van der Waals surface area contributed by atoms with Gasteiger partial charge in [-0.2, -0.15) is 0 Å². The number of fused-ring (bicyclic) bond motifs is 1. The second kappa shape index (κ2) is 14.5. The van der Waals surface area contributed by atoms with Crippen LogP contribution in [0.15, 0.2) is 144 Å². The molecule has 3 nitrogen and oxygen atoms in total. The molecule has 1 fully saturated rings. The average Bonchev–Trinajstić information content (AvgIpc) is 3.78. The van der Waals surface area contributed by atoms with Gasteiger partial charge in [-0.05, 0) is 0 Å². The molecule has 2 aromatic heterocycles. The Hall–Kier alpha value is -3.82. The Morgan fingerprint density at radius 1 is 0.778 bits per heavy atom. The number of aromatic nitrogens is 3. The van der Waals surface area contributed by atoms with Crippen molar-refractivity contribution < 1.29 is 17.9 Å². The third-order valence-corrected chi connectivity index (χ3v) is 14.1. The summed E-state index contributed by atoms with van der Waals surface area (Å²) in [7, 11) is -2.37. The van der Waals surface area contributed by atoms with E-state index < -0.39 is 7.26 Å². The molecule has 6 heteroatoms. The maximum atomic E-state index is 4.86. The first-order valence-electron chi connectivity index (χ1n) is 15.1. The van der Waals surface area contributed by atoms with Crippen LogP contribution in [0.25, 0.3) is 23.2 Å². The van der Waals surface area contributed by atoms with Crippen LogP contribution in [0, 0.1) is 4.37 Å². The summed E-state index contributed by atoms with van der Waals surface area (Å²) < 4.78 is 13.1. The molecule has 0 bridgehead atoms. The zero-order valence-electron chi connectivity index (χ0n) is 25.4. The predicted octanol–water partition coefficient (Wildman–Crippen LogP) is 8.94. The van der Waals surface area contributed by atoms with Crippen LogP contribution in [0.3, 0.4) is 0 Å². The Morgan fingerprint density at radius 2 is 1.36 bits per heavy atom. The first-order valence-corrected chi connectivity index (χ1v) is 18.9. The van der Waals surface area contributed by atoms with Crippen LogP contribution in [0.2, 0.25) is 0 Å². The molecule has 0 radical (unpaired) electrons. The fraction of sp³-hybridized carbons (Fsp3) is 0.128. The van der Waals surface area contributed by atoms with Gasteiger partial charge < -0.3 is 0 Å². The summed E-state index contributed by atoms with van der Waals surface area (Å²) in [6.45, 7) is 4.17. The second-order valence-corrected chi connectivity index (χ2v) is 15.3. The molecule has 0 N–H and O–H groups in total. The maximum absolute atomic E-state index is 4.86. The van der Waals surface area contributed by atoms with Gasteiger partial charge in [-0.25, -0.2) is 0 Å². The molecular weight excluding hydrogens is 764 g/mol. The van der Waals surface area contributed by atoms with E-state index in [4.69, 9.17) is 4.98 Å². The Morgan fingerprint density at radius 3 is 1.91 bits per heavy atom. The molecule has 0 amide bonds. The summed E-state index contributed by atoms with van der Waals surface area (Å²) >= 11 is 3.05. The van der Waals surface area contributed by atoms with Crippen molar-refractivity contribution in [3.63, 3.8) is 0 Å². The van der Waals surface area contributed by atoms with E-state index in [9.17, 15) is 0 Å². The van der Waals surface area contributed by atoms with Crippen molar-refractivity contribution >= 4 is 58.1 Å². The number of rotatable bonds is 8. The number of benzene rings is 3. The van der Waals surface area contributed by atoms with E-state index in [0.29, 0.717) is 0 Å². The van der Waals surface area contributed by atoms with E-state index in [0.717, 1.165) is 40.7 Å². The van der Waals surface area contributed by atoms with Crippen molar-refractivity contribution in [2.75, 3.05) is 0 Å². The summed E-state index contributed by atoms with van der Waals surface area (Å²) in [6.07, 6.45) is 18.4. The Balaban J connectivity index is 1.69. The zero-order chi connectivity index (χ0) is 31.1. The van der Waals surface area contributed by atoms with Crippen molar-refractivity contribution in [3.05, 3.63) is 155 Å². The summed E-state index contributed by atoms with van der Waals surface area (Å²) in [4.78, 5) is 4.86. The third-order valence-electron chi connectivity index (χ3n) is 8.22. The fourth-order valence-corrected chi connectivity index (χ4v) is 12.6. The molecule has 1 aliphatic carbocycles. The Bertz CT molecular complexity index is 1900. The monoisotopic (exact) mass is 799 g/mol. The topological polar surface area (TPSA) is 38.7 Å². The van der Waals surface area contributed by atoms with E-state index in [1.807, 2.05) is 43.2 Å². The van der Waals surface area contributed by atoms with Crippen molar-refractivity contribution in [1.82, 2.24) is 13.7 Å². The first-order chi connectivity index (χ1) is 22.2. The van der Waals surface area contributed by atoms with Crippen molar-refractivity contribution in [3.8, 4) is 4.37 Å². The minimum absolute atomic E-state index is 0.821. The first kappa shape index (κ1) is 31.2. The molecule has 0 unspecified atom stereocenters. The minimum atomic E-state index is -2.37. The van der Waals surface area contributed by atoms with Crippen LogP contribution in [0.1, 0.15) is 44.4 Å². The predicted molar refractivity (Wildman–Crippen MR) is 191 cm³/mol. The normalized spacial score (nSPS) is 16.2. The molecule has 45 heavy (non-hydrogen) atoms. The summed E-state index contributed by atoms with van der Waals surface area (Å²) in [5.74, 6) is 0. The molecule has 2 heterocycles. The number of pyridine rings is 1. The molecular formula is C39H34N3OsPS+. The molecule has 1 saturated carbocycles. The average molecular weight is 798 g/mol. The van der Waals surface area contributed by atoms with Crippen LogP contribution in [-0.4, -0.2) is 13.7 Å². The molecule has 0 spiro atoms. The van der Waals surface area contributed by atoms with Crippen LogP contribution in [0.5, 0.6) is 0 Å². The molecule has 3 aromatic carbocycles. The molecule has 5 aromatic rings. The van der Waals surface area contributed by atoms with Crippen LogP contribution in [-0.2, 0) is 17.9 Å². The fourth-order valence-electron chi connectivity index (χ4n) is 6.16. The molecule has 0 atom stereocenters. The van der Waals surface area contributed by atoms with Gasteiger partial charge >= 0.3 is 282 Å². The van der Waals surface area contributed by atoms with E-state index in [1.54, 1.807) is 0 Å². The van der Waals surface area contributed by atoms with Crippen LogP contribution < -0.4 is 15.9 Å². The quantitative estimate of drug-likeness (QED) is 0.116.